The van der Waals surface area contributed by atoms with E-state index in [0.29, 0.717) is 30.9 Å². The number of halogens is 5. The minimum absolute atomic E-state index is 0.0965. The van der Waals surface area contributed by atoms with E-state index in [2.05, 4.69) is 9.97 Å². The molecule has 0 amide bonds. The summed E-state index contributed by atoms with van der Waals surface area (Å²) in [6.45, 7) is 2.72. The number of fused-ring (bicyclic) bond motifs is 1. The van der Waals surface area contributed by atoms with Crippen molar-refractivity contribution < 1.29 is 26.7 Å². The Kier molecular flexibility index (Phi) is 5.13. The molecule has 3 heterocycles. The van der Waals surface area contributed by atoms with Gasteiger partial charge < -0.3 is 14.6 Å². The normalized spacial score (nSPS) is 14.0. The van der Waals surface area contributed by atoms with E-state index in [-0.39, 0.29) is 17.9 Å². The highest BCUT2D eigenvalue weighted by Gasteiger charge is 2.34. The van der Waals surface area contributed by atoms with Gasteiger partial charge in [-0.3, -0.25) is 0 Å². The van der Waals surface area contributed by atoms with E-state index in [9.17, 15) is 22.0 Å². The van der Waals surface area contributed by atoms with Gasteiger partial charge in [0.1, 0.15) is 23.1 Å². The van der Waals surface area contributed by atoms with E-state index in [0.717, 1.165) is 23.5 Å². The molecule has 1 aliphatic heterocycles. The maximum atomic E-state index is 14.1. The molecule has 0 atom stereocenters. The summed E-state index contributed by atoms with van der Waals surface area (Å²) in [5.74, 6) is -1.24. The summed E-state index contributed by atoms with van der Waals surface area (Å²) in [5, 5.41) is 0. The van der Waals surface area contributed by atoms with Crippen LogP contribution in [0.5, 0.6) is 5.75 Å². The fourth-order valence-electron chi connectivity index (χ4n) is 3.62. The van der Waals surface area contributed by atoms with Crippen LogP contribution in [-0.4, -0.2) is 23.1 Å². The van der Waals surface area contributed by atoms with Gasteiger partial charge in [-0.25, -0.2) is 13.8 Å². The van der Waals surface area contributed by atoms with Gasteiger partial charge in [-0.2, -0.15) is 13.2 Å². The van der Waals surface area contributed by atoms with E-state index in [1.54, 1.807) is 13.0 Å². The first-order valence-corrected chi connectivity index (χ1v) is 9.38. The van der Waals surface area contributed by atoms with Crippen LogP contribution in [0.4, 0.5) is 27.6 Å². The van der Waals surface area contributed by atoms with Crippen molar-refractivity contribution in [3.05, 3.63) is 65.1 Å². The van der Waals surface area contributed by atoms with Crippen molar-refractivity contribution in [2.75, 3.05) is 18.1 Å². The monoisotopic (exact) mass is 423 g/mol. The van der Waals surface area contributed by atoms with E-state index >= 15 is 0 Å². The molecule has 0 saturated carbocycles. The lowest BCUT2D eigenvalue weighted by atomic mass is 10.1. The Bertz CT molecular complexity index is 1060. The van der Waals surface area contributed by atoms with Gasteiger partial charge in [0.05, 0.1) is 29.7 Å². The summed E-state index contributed by atoms with van der Waals surface area (Å²) >= 11 is 0. The first kappa shape index (κ1) is 20.2. The Morgan fingerprint density at radius 3 is 2.57 bits per heavy atom. The largest absolute Gasteiger partial charge is 0.492 e. The van der Waals surface area contributed by atoms with E-state index < -0.39 is 23.5 Å². The highest BCUT2D eigenvalue weighted by molar-refractivity contribution is 5.65. The van der Waals surface area contributed by atoms with Gasteiger partial charge in [-0.15, -0.1) is 0 Å². The fourth-order valence-corrected chi connectivity index (χ4v) is 3.62. The Balaban J connectivity index is 1.66. The molecule has 0 unspecified atom stereocenters. The average Bonchev–Trinajstić information content (AvgIpc) is 3.10. The van der Waals surface area contributed by atoms with Crippen LogP contribution in [0.25, 0.3) is 11.3 Å². The molecule has 0 saturated heterocycles. The number of anilines is 1. The number of benzene rings is 1. The quantitative estimate of drug-likeness (QED) is 0.577. The molecule has 0 spiro atoms. The van der Waals surface area contributed by atoms with Crippen LogP contribution in [-0.2, 0) is 19.1 Å². The molecular formula is C21H18F5N3O. The minimum atomic E-state index is -4.57. The molecule has 9 heteroatoms. The van der Waals surface area contributed by atoms with Gasteiger partial charge in [-0.05, 0) is 30.7 Å². The van der Waals surface area contributed by atoms with Crippen molar-refractivity contribution >= 4 is 5.69 Å². The maximum Gasteiger partial charge on any atom is 0.433 e. The van der Waals surface area contributed by atoms with Crippen molar-refractivity contribution in [3.63, 3.8) is 0 Å². The molecule has 1 aliphatic rings. The van der Waals surface area contributed by atoms with Crippen LogP contribution in [0, 0.1) is 11.6 Å². The predicted octanol–water partition coefficient (Wildman–Crippen LogP) is 5.34. The third-order valence-corrected chi connectivity index (χ3v) is 4.99. The van der Waals surface area contributed by atoms with Crippen molar-refractivity contribution in [1.29, 1.82) is 0 Å². The second-order valence-electron chi connectivity index (χ2n) is 6.92. The van der Waals surface area contributed by atoms with Crippen LogP contribution in [0.3, 0.4) is 0 Å². The summed E-state index contributed by atoms with van der Waals surface area (Å²) in [4.78, 5) is 8.46. The maximum absolute atomic E-state index is 14.1. The van der Waals surface area contributed by atoms with Crippen LogP contribution in [0.2, 0.25) is 0 Å². The fraction of sp³-hybridized carbons (Fsp3) is 0.286. The average molecular weight is 423 g/mol. The Labute approximate surface area is 169 Å². The predicted molar refractivity (Wildman–Crippen MR) is 101 cm³/mol. The lowest BCUT2D eigenvalue weighted by Gasteiger charge is -2.30. The summed E-state index contributed by atoms with van der Waals surface area (Å²) in [5.41, 5.74) is 1.25. The van der Waals surface area contributed by atoms with Crippen molar-refractivity contribution in [1.82, 2.24) is 9.97 Å². The lowest BCUT2D eigenvalue weighted by Crippen LogP contribution is -2.30. The zero-order valence-electron chi connectivity index (χ0n) is 16.0. The number of hydrogen-bond acceptors (Lipinski definition) is 3. The number of pyridine rings is 1. The second-order valence-corrected chi connectivity index (χ2v) is 6.92. The van der Waals surface area contributed by atoms with Crippen molar-refractivity contribution in [2.24, 2.45) is 0 Å². The smallest absolute Gasteiger partial charge is 0.433 e. The third kappa shape index (κ3) is 3.71. The number of alkyl halides is 3. The van der Waals surface area contributed by atoms with Crippen LogP contribution >= 0.6 is 0 Å². The van der Waals surface area contributed by atoms with Gasteiger partial charge >= 0.3 is 6.18 Å². The van der Waals surface area contributed by atoms with Gasteiger partial charge in [-0.1, -0.05) is 6.07 Å². The topological polar surface area (TPSA) is 41.1 Å². The van der Waals surface area contributed by atoms with Crippen LogP contribution < -0.4 is 9.64 Å². The van der Waals surface area contributed by atoms with Gasteiger partial charge in [0.2, 0.25) is 0 Å². The van der Waals surface area contributed by atoms with Crippen LogP contribution in [0.1, 0.15) is 23.9 Å². The molecular weight excluding hydrogens is 405 g/mol. The molecule has 1 aromatic carbocycles. The Morgan fingerprint density at radius 2 is 1.90 bits per heavy atom. The highest BCUT2D eigenvalue weighted by atomic mass is 19.4. The zero-order valence-corrected chi connectivity index (χ0v) is 16.0. The molecule has 2 aromatic heterocycles. The zero-order chi connectivity index (χ0) is 21.5. The number of aromatic amines is 1. The molecule has 158 valence electrons. The highest BCUT2D eigenvalue weighted by Crippen LogP contribution is 2.37. The SMILES string of the molecule is CCOc1cc(C(F)(F)F)ncc1N1CCc2[nH]c(-c3c(F)cccc3F)cc2C1. The number of H-pyrrole nitrogens is 1. The number of rotatable bonds is 4. The minimum Gasteiger partial charge on any atom is -0.492 e. The molecule has 30 heavy (non-hydrogen) atoms. The number of nitrogens with one attached hydrogen (secondary N) is 1. The van der Waals surface area contributed by atoms with Crippen molar-refractivity contribution in [3.8, 4) is 17.0 Å². The van der Waals surface area contributed by atoms with E-state index in [1.807, 2.05) is 4.90 Å². The number of aromatic nitrogens is 2. The number of nitrogens with zero attached hydrogens (tertiary/aromatic N) is 2. The third-order valence-electron chi connectivity index (χ3n) is 4.99. The number of hydrogen-bond donors (Lipinski definition) is 1. The van der Waals surface area contributed by atoms with Crippen LogP contribution in [0.15, 0.2) is 36.5 Å². The van der Waals surface area contributed by atoms with E-state index in [1.165, 1.54) is 18.2 Å². The summed E-state index contributed by atoms with van der Waals surface area (Å²) in [7, 11) is 0. The molecule has 4 rings (SSSR count). The van der Waals surface area contributed by atoms with Gasteiger partial charge in [0.25, 0.3) is 0 Å². The molecule has 1 N–H and O–H groups in total. The molecule has 4 nitrogen and oxygen atoms in total. The van der Waals surface area contributed by atoms with E-state index in [4.69, 9.17) is 4.74 Å². The van der Waals surface area contributed by atoms with Crippen molar-refractivity contribution in [2.45, 2.75) is 26.1 Å². The molecule has 3 aromatic rings. The molecule has 0 fully saturated rings. The lowest BCUT2D eigenvalue weighted by molar-refractivity contribution is -0.141. The summed E-state index contributed by atoms with van der Waals surface area (Å²) in [6, 6.07) is 6.23. The first-order chi connectivity index (χ1) is 14.3. The Hall–Kier alpha value is -3.10. The molecule has 0 aliphatic carbocycles. The Morgan fingerprint density at radius 1 is 1.17 bits per heavy atom. The van der Waals surface area contributed by atoms with Gasteiger partial charge in [0, 0.05) is 31.3 Å². The second kappa shape index (κ2) is 7.62. The summed E-state index contributed by atoms with van der Waals surface area (Å²) in [6.07, 6.45) is -2.89. The molecule has 0 radical (unpaired) electrons. The van der Waals surface area contributed by atoms with Gasteiger partial charge in [0.15, 0.2) is 0 Å². The molecule has 0 bridgehead atoms. The first-order valence-electron chi connectivity index (χ1n) is 9.38. The number of ether oxygens (including phenoxy) is 1. The standard InChI is InChI=1S/C21H18F5N3O/c1-2-30-18-9-19(21(24,25)26)27-10-17(18)29-7-6-15-12(11-29)8-16(28-15)20-13(22)4-3-5-14(20)23/h3-5,8-10,28H,2,6-7,11H2,1H3. The summed E-state index contributed by atoms with van der Waals surface area (Å²) < 4.78 is 72.7.